The van der Waals surface area contributed by atoms with Crippen molar-refractivity contribution in [1.29, 1.82) is 0 Å². The standard InChI is InChI=1S/C20H27FN8O2/c1-28(2)6-3-9-31-17-11-15-14(10-13(17)21)24-19(25-15)18-16(12-23-27-18)26-20(30)29-7-4-22-5-8-29/h10-12,22H,3-9H2,1-2H3,(H,23,27)(H,24,25)(H,26,30). The number of fused-ring (bicyclic) bond motifs is 1. The Morgan fingerprint density at radius 2 is 2.13 bits per heavy atom. The van der Waals surface area contributed by atoms with Gasteiger partial charge in [0.15, 0.2) is 17.4 Å². The highest BCUT2D eigenvalue weighted by molar-refractivity contribution is 5.93. The highest BCUT2D eigenvalue weighted by Gasteiger charge is 2.20. The van der Waals surface area contributed by atoms with Crippen LogP contribution in [0.5, 0.6) is 5.75 Å². The summed E-state index contributed by atoms with van der Waals surface area (Å²) >= 11 is 0. The average molecular weight is 430 g/mol. The maximum atomic E-state index is 14.4. The molecule has 3 aromatic rings. The molecule has 4 rings (SSSR count). The van der Waals surface area contributed by atoms with E-state index >= 15 is 0 Å². The Labute approximate surface area is 179 Å². The number of urea groups is 1. The summed E-state index contributed by atoms with van der Waals surface area (Å²) in [5.41, 5.74) is 2.12. The van der Waals surface area contributed by atoms with Crippen molar-refractivity contribution >= 4 is 22.8 Å². The smallest absolute Gasteiger partial charge is 0.322 e. The number of aromatic amines is 2. The monoisotopic (exact) mass is 430 g/mol. The van der Waals surface area contributed by atoms with E-state index in [-0.39, 0.29) is 11.8 Å². The van der Waals surface area contributed by atoms with E-state index in [1.807, 2.05) is 19.0 Å². The van der Waals surface area contributed by atoms with E-state index in [0.29, 0.717) is 47.9 Å². The van der Waals surface area contributed by atoms with Crippen molar-refractivity contribution in [3.8, 4) is 17.3 Å². The molecule has 2 amide bonds. The molecule has 10 nitrogen and oxygen atoms in total. The maximum Gasteiger partial charge on any atom is 0.322 e. The number of hydrogen-bond donors (Lipinski definition) is 4. The summed E-state index contributed by atoms with van der Waals surface area (Å²) in [5, 5.41) is 13.0. The summed E-state index contributed by atoms with van der Waals surface area (Å²) < 4.78 is 20.0. The highest BCUT2D eigenvalue weighted by atomic mass is 19.1. The van der Waals surface area contributed by atoms with Crippen molar-refractivity contribution < 1.29 is 13.9 Å². The van der Waals surface area contributed by atoms with Gasteiger partial charge in [-0.3, -0.25) is 5.10 Å². The number of benzene rings is 1. The number of halogens is 1. The second-order valence-corrected chi connectivity index (χ2v) is 7.72. The molecule has 11 heteroatoms. The number of amides is 2. The van der Waals surface area contributed by atoms with Crippen molar-refractivity contribution in [2.45, 2.75) is 6.42 Å². The van der Waals surface area contributed by atoms with Crippen molar-refractivity contribution in [1.82, 2.24) is 35.3 Å². The summed E-state index contributed by atoms with van der Waals surface area (Å²) in [6, 6.07) is 2.75. The van der Waals surface area contributed by atoms with Crippen LogP contribution in [-0.2, 0) is 0 Å². The minimum absolute atomic E-state index is 0.168. The van der Waals surface area contributed by atoms with Crippen LogP contribution in [0.3, 0.4) is 0 Å². The molecule has 1 fully saturated rings. The van der Waals surface area contributed by atoms with E-state index in [9.17, 15) is 9.18 Å². The number of piperazine rings is 1. The second kappa shape index (κ2) is 9.31. The van der Waals surface area contributed by atoms with Crippen LogP contribution in [0, 0.1) is 5.82 Å². The maximum absolute atomic E-state index is 14.4. The van der Waals surface area contributed by atoms with Gasteiger partial charge in [0.2, 0.25) is 0 Å². The molecule has 2 aromatic heterocycles. The van der Waals surface area contributed by atoms with Crippen molar-refractivity contribution in [2.24, 2.45) is 0 Å². The van der Waals surface area contributed by atoms with Crippen LogP contribution in [0.25, 0.3) is 22.6 Å². The van der Waals surface area contributed by atoms with Crippen molar-refractivity contribution in [2.75, 3.05) is 58.7 Å². The molecular weight excluding hydrogens is 403 g/mol. The predicted octanol–water partition coefficient (Wildman–Crippen LogP) is 1.86. The lowest BCUT2D eigenvalue weighted by Gasteiger charge is -2.27. The van der Waals surface area contributed by atoms with E-state index in [2.05, 4.69) is 30.8 Å². The highest BCUT2D eigenvalue weighted by Crippen LogP contribution is 2.29. The molecule has 0 radical (unpaired) electrons. The van der Waals surface area contributed by atoms with Gasteiger partial charge in [0, 0.05) is 44.9 Å². The lowest BCUT2D eigenvalue weighted by molar-refractivity contribution is 0.204. The van der Waals surface area contributed by atoms with Crippen LogP contribution in [0.2, 0.25) is 0 Å². The van der Waals surface area contributed by atoms with Crippen molar-refractivity contribution in [3.63, 3.8) is 0 Å². The fourth-order valence-electron chi connectivity index (χ4n) is 3.43. The molecule has 1 aliphatic rings. The van der Waals surface area contributed by atoms with E-state index in [1.54, 1.807) is 11.0 Å². The zero-order valence-corrected chi connectivity index (χ0v) is 17.7. The molecule has 1 saturated heterocycles. The molecule has 0 atom stereocenters. The molecular formula is C20H27FN8O2. The second-order valence-electron chi connectivity index (χ2n) is 7.72. The van der Waals surface area contributed by atoms with Gasteiger partial charge >= 0.3 is 6.03 Å². The lowest BCUT2D eigenvalue weighted by atomic mass is 10.3. The zero-order valence-electron chi connectivity index (χ0n) is 17.7. The van der Waals surface area contributed by atoms with E-state index in [1.165, 1.54) is 12.3 Å². The first-order valence-corrected chi connectivity index (χ1v) is 10.3. The summed E-state index contributed by atoms with van der Waals surface area (Å²) in [5.74, 6) is 0.165. The van der Waals surface area contributed by atoms with E-state index in [0.717, 1.165) is 26.1 Å². The molecule has 0 bridgehead atoms. The first kappa shape index (κ1) is 21.1. The lowest BCUT2D eigenvalue weighted by Crippen LogP contribution is -2.48. The summed E-state index contributed by atoms with van der Waals surface area (Å²) in [6.45, 7) is 4.08. The number of nitrogens with zero attached hydrogens (tertiary/aromatic N) is 4. The van der Waals surface area contributed by atoms with Gasteiger partial charge in [-0.15, -0.1) is 0 Å². The number of rotatable bonds is 7. The average Bonchev–Trinajstić information content (AvgIpc) is 3.37. The van der Waals surface area contributed by atoms with Crippen molar-refractivity contribution in [3.05, 3.63) is 24.1 Å². The van der Waals surface area contributed by atoms with Crippen LogP contribution in [0.15, 0.2) is 18.3 Å². The number of carbonyl (C=O) groups excluding carboxylic acids is 1. The minimum Gasteiger partial charge on any atom is -0.490 e. The fourth-order valence-corrected chi connectivity index (χ4v) is 3.43. The number of hydrogen-bond acceptors (Lipinski definition) is 6. The molecule has 1 aliphatic heterocycles. The van der Waals surface area contributed by atoms with Gasteiger partial charge in [-0.05, 0) is 20.5 Å². The topological polar surface area (TPSA) is 114 Å². The molecule has 31 heavy (non-hydrogen) atoms. The molecule has 3 heterocycles. The molecule has 166 valence electrons. The number of carbonyl (C=O) groups is 1. The van der Waals surface area contributed by atoms with Gasteiger partial charge in [0.1, 0.15) is 5.69 Å². The molecule has 0 saturated carbocycles. The molecule has 4 N–H and O–H groups in total. The number of imidazole rings is 1. The van der Waals surface area contributed by atoms with E-state index < -0.39 is 5.82 Å². The first-order chi connectivity index (χ1) is 15.0. The summed E-state index contributed by atoms with van der Waals surface area (Å²) in [4.78, 5) is 23.9. The fraction of sp³-hybridized carbons (Fsp3) is 0.450. The Balaban J connectivity index is 1.50. The number of nitrogens with one attached hydrogen (secondary N) is 4. The van der Waals surface area contributed by atoms with Crippen LogP contribution >= 0.6 is 0 Å². The third-order valence-electron chi connectivity index (χ3n) is 5.06. The van der Waals surface area contributed by atoms with Gasteiger partial charge in [0.25, 0.3) is 0 Å². The largest absolute Gasteiger partial charge is 0.490 e. The number of aromatic nitrogens is 4. The van der Waals surface area contributed by atoms with Gasteiger partial charge in [-0.2, -0.15) is 5.10 Å². The number of H-pyrrole nitrogens is 2. The van der Waals surface area contributed by atoms with Gasteiger partial charge in [-0.1, -0.05) is 0 Å². The molecule has 0 aliphatic carbocycles. The molecule has 0 spiro atoms. The Morgan fingerprint density at radius 1 is 1.32 bits per heavy atom. The summed E-state index contributed by atoms with van der Waals surface area (Å²) in [6.07, 6.45) is 2.32. The predicted molar refractivity (Wildman–Crippen MR) is 116 cm³/mol. The Kier molecular flexibility index (Phi) is 6.33. The number of ether oxygens (including phenoxy) is 1. The third-order valence-corrected chi connectivity index (χ3v) is 5.06. The number of anilines is 1. The van der Waals surface area contributed by atoms with Crippen LogP contribution in [0.4, 0.5) is 14.9 Å². The van der Waals surface area contributed by atoms with E-state index in [4.69, 9.17) is 4.74 Å². The summed E-state index contributed by atoms with van der Waals surface area (Å²) in [7, 11) is 3.96. The molecule has 1 aromatic carbocycles. The molecule has 0 unspecified atom stereocenters. The SMILES string of the molecule is CN(C)CCCOc1cc2nc(-c3[nH]ncc3NC(=O)N3CCNCC3)[nH]c2cc1F. The van der Waals surface area contributed by atoms with Crippen LogP contribution in [-0.4, -0.2) is 89.4 Å². The van der Waals surface area contributed by atoms with Gasteiger partial charge < -0.3 is 30.2 Å². The Hall–Kier alpha value is -3.18. The quantitative estimate of drug-likeness (QED) is 0.426. The first-order valence-electron chi connectivity index (χ1n) is 10.3. The van der Waals surface area contributed by atoms with Gasteiger partial charge in [0.05, 0.1) is 29.5 Å². The Morgan fingerprint density at radius 3 is 2.90 bits per heavy atom. The van der Waals surface area contributed by atoms with Crippen LogP contribution < -0.4 is 15.4 Å². The Bertz CT molecular complexity index is 1040. The normalized spacial score (nSPS) is 14.4. The van der Waals surface area contributed by atoms with Crippen LogP contribution in [0.1, 0.15) is 6.42 Å². The zero-order chi connectivity index (χ0) is 21.8. The minimum atomic E-state index is -0.454. The van der Waals surface area contributed by atoms with Gasteiger partial charge in [-0.25, -0.2) is 14.2 Å². The third kappa shape index (κ3) is 4.94.